The van der Waals surface area contributed by atoms with Crippen LogP contribution in [0.15, 0.2) is 0 Å². The van der Waals surface area contributed by atoms with E-state index < -0.39 is 0 Å². The number of Topliss-reactive ketones (excluding diaryl/α,β-unsaturated/α-hetero) is 1. The Hall–Kier alpha value is -0.900. The minimum atomic E-state index is 0.132. The quantitative estimate of drug-likeness (QED) is 0.562. The fraction of sp³-hybridized carbons (Fsp3) is 0.929. The number of fused-ring (bicyclic) bond motifs is 2. The summed E-state index contributed by atoms with van der Waals surface area (Å²) < 4.78 is 0. The highest BCUT2D eigenvalue weighted by Gasteiger charge is 2.37. The number of carbonyl (C=O) groups excluding carboxylic acids is 2. The van der Waals surface area contributed by atoms with E-state index in [1.807, 2.05) is 13.8 Å². The van der Waals surface area contributed by atoms with Gasteiger partial charge in [0, 0.05) is 36.8 Å². The van der Waals surface area contributed by atoms with Crippen molar-refractivity contribution in [3.63, 3.8) is 0 Å². The van der Waals surface area contributed by atoms with E-state index >= 15 is 0 Å². The average Bonchev–Trinajstić information content (AvgIpc) is 3.03. The first-order chi connectivity index (χ1) is 15.5. The standard InChI is InChI=1S/C28H48N2O2/c1-20(2)27(31)23-7-9-24(10-8-23)28(32)30-15-12-21(13-16-30)5-3-4-6-25-17-22-18-26(25)11-14-29-19-22/h20-26,29H,3-19H2,1-2H3/p+1. The van der Waals surface area contributed by atoms with Crippen LogP contribution < -0.4 is 5.32 Å². The van der Waals surface area contributed by atoms with Gasteiger partial charge in [-0.2, -0.15) is 0 Å². The number of nitrogens with zero attached hydrogens (tertiary/aromatic N) is 1. The first kappa shape index (κ1) is 24.2. The first-order valence-corrected chi connectivity index (χ1v) is 14.2. The molecule has 4 rings (SSSR count). The molecule has 3 unspecified atom stereocenters. The molecular formula is C28H49N2O2+. The van der Waals surface area contributed by atoms with Gasteiger partial charge in [0.05, 0.1) is 13.1 Å². The van der Waals surface area contributed by atoms with Crippen LogP contribution in [0, 0.1) is 41.4 Å². The van der Waals surface area contributed by atoms with Gasteiger partial charge in [0.1, 0.15) is 5.78 Å². The highest BCUT2D eigenvalue weighted by molar-refractivity contribution is 5.83. The van der Waals surface area contributed by atoms with E-state index in [4.69, 9.17) is 0 Å². The lowest BCUT2D eigenvalue weighted by atomic mass is 9.77. The molecule has 4 nitrogen and oxygen atoms in total. The van der Waals surface area contributed by atoms with Gasteiger partial charge in [0.15, 0.2) is 0 Å². The van der Waals surface area contributed by atoms with Crippen LogP contribution in [0.1, 0.15) is 97.3 Å². The molecule has 1 amide bonds. The molecule has 4 aliphatic rings. The first-order valence-electron chi connectivity index (χ1n) is 14.2. The molecule has 0 spiro atoms. The second-order valence-electron chi connectivity index (χ2n) is 12.1. The van der Waals surface area contributed by atoms with Crippen LogP contribution in [0.25, 0.3) is 0 Å². The van der Waals surface area contributed by atoms with Gasteiger partial charge in [-0.3, -0.25) is 9.59 Å². The van der Waals surface area contributed by atoms with Gasteiger partial charge < -0.3 is 10.2 Å². The summed E-state index contributed by atoms with van der Waals surface area (Å²) in [6.07, 6.45) is 16.2. The predicted octanol–water partition coefficient (Wildman–Crippen LogP) is 4.43. The zero-order valence-electron chi connectivity index (χ0n) is 20.9. The zero-order chi connectivity index (χ0) is 22.5. The van der Waals surface area contributed by atoms with Gasteiger partial charge in [0.25, 0.3) is 0 Å². The molecule has 2 bridgehead atoms. The SMILES string of the molecule is CC(C)C(=O)C1CCC(C(=O)N2CCC(CCCCC3CC4C[NH2+]CCC3C4)CC2)CC1. The summed E-state index contributed by atoms with van der Waals surface area (Å²) in [7, 11) is 0. The van der Waals surface area contributed by atoms with Crippen LogP contribution >= 0.6 is 0 Å². The summed E-state index contributed by atoms with van der Waals surface area (Å²) in [6, 6.07) is 0. The van der Waals surface area contributed by atoms with Gasteiger partial charge in [-0.05, 0) is 75.5 Å². The maximum absolute atomic E-state index is 13.0. The summed E-state index contributed by atoms with van der Waals surface area (Å²) in [6.45, 7) is 8.70. The molecule has 4 fully saturated rings. The highest BCUT2D eigenvalue weighted by atomic mass is 16.2. The molecule has 0 aromatic rings. The molecule has 2 saturated heterocycles. The zero-order valence-corrected chi connectivity index (χ0v) is 20.9. The summed E-state index contributed by atoms with van der Waals surface area (Å²) in [4.78, 5) is 27.4. The molecule has 0 aromatic carbocycles. The minimum absolute atomic E-state index is 0.132. The molecular weight excluding hydrogens is 396 g/mol. The summed E-state index contributed by atoms with van der Waals surface area (Å²) >= 11 is 0. The van der Waals surface area contributed by atoms with Crippen molar-refractivity contribution in [1.82, 2.24) is 4.90 Å². The minimum Gasteiger partial charge on any atom is -0.346 e. The van der Waals surface area contributed by atoms with E-state index in [1.165, 1.54) is 70.9 Å². The molecule has 2 heterocycles. The normalized spacial score (nSPS) is 34.0. The number of likely N-dealkylation sites (tertiary alicyclic amines) is 1. The number of hydrogen-bond acceptors (Lipinski definition) is 2. The molecule has 0 radical (unpaired) electrons. The van der Waals surface area contributed by atoms with Crippen LogP contribution in [0.5, 0.6) is 0 Å². The van der Waals surface area contributed by atoms with Crippen molar-refractivity contribution < 1.29 is 14.9 Å². The Morgan fingerprint density at radius 1 is 0.875 bits per heavy atom. The fourth-order valence-corrected chi connectivity index (χ4v) is 7.56. The molecule has 32 heavy (non-hydrogen) atoms. The third-order valence-corrected chi connectivity index (χ3v) is 9.59. The Morgan fingerprint density at radius 2 is 1.56 bits per heavy atom. The number of piperidine rings is 1. The molecule has 182 valence electrons. The predicted molar refractivity (Wildman–Crippen MR) is 129 cm³/mol. The number of amides is 1. The second kappa shape index (κ2) is 11.5. The van der Waals surface area contributed by atoms with E-state index in [-0.39, 0.29) is 17.8 Å². The highest BCUT2D eigenvalue weighted by Crippen LogP contribution is 2.41. The molecule has 2 saturated carbocycles. The topological polar surface area (TPSA) is 54.0 Å². The van der Waals surface area contributed by atoms with Crippen LogP contribution in [-0.2, 0) is 9.59 Å². The van der Waals surface area contributed by atoms with Crippen LogP contribution in [-0.4, -0.2) is 42.8 Å². The van der Waals surface area contributed by atoms with Crippen molar-refractivity contribution in [2.45, 2.75) is 97.3 Å². The van der Waals surface area contributed by atoms with Gasteiger partial charge in [-0.1, -0.05) is 39.5 Å². The van der Waals surface area contributed by atoms with Crippen molar-refractivity contribution in [2.75, 3.05) is 26.2 Å². The maximum Gasteiger partial charge on any atom is 0.225 e. The number of unbranched alkanes of at least 4 members (excludes halogenated alkanes) is 1. The van der Waals surface area contributed by atoms with Crippen LogP contribution in [0.4, 0.5) is 0 Å². The number of quaternary nitrogens is 1. The summed E-state index contributed by atoms with van der Waals surface area (Å²) in [5.74, 6) is 5.21. The van der Waals surface area contributed by atoms with Crippen molar-refractivity contribution in [2.24, 2.45) is 41.4 Å². The Morgan fingerprint density at radius 3 is 2.28 bits per heavy atom. The van der Waals surface area contributed by atoms with Gasteiger partial charge >= 0.3 is 0 Å². The fourth-order valence-electron chi connectivity index (χ4n) is 7.56. The second-order valence-corrected chi connectivity index (χ2v) is 12.1. The van der Waals surface area contributed by atoms with Gasteiger partial charge in [-0.25, -0.2) is 0 Å². The van der Waals surface area contributed by atoms with Crippen molar-refractivity contribution in [3.8, 4) is 0 Å². The Bertz CT molecular complexity index is 617. The Kier molecular flexibility index (Phi) is 8.70. The maximum atomic E-state index is 13.0. The van der Waals surface area contributed by atoms with Crippen molar-refractivity contribution >= 4 is 11.7 Å². The van der Waals surface area contributed by atoms with Crippen molar-refractivity contribution in [1.29, 1.82) is 0 Å². The number of rotatable bonds is 8. The van der Waals surface area contributed by atoms with Gasteiger partial charge in [0.2, 0.25) is 5.91 Å². The smallest absolute Gasteiger partial charge is 0.225 e. The Labute approximate surface area is 196 Å². The van der Waals surface area contributed by atoms with E-state index in [0.717, 1.165) is 62.4 Å². The number of carbonyl (C=O) groups is 2. The molecule has 3 atom stereocenters. The third kappa shape index (κ3) is 6.15. The molecule has 4 heteroatoms. The van der Waals surface area contributed by atoms with Crippen LogP contribution in [0.2, 0.25) is 0 Å². The van der Waals surface area contributed by atoms with E-state index in [9.17, 15) is 9.59 Å². The lowest BCUT2D eigenvalue weighted by Gasteiger charge is -2.36. The third-order valence-electron chi connectivity index (χ3n) is 9.59. The molecule has 2 aliphatic heterocycles. The van der Waals surface area contributed by atoms with E-state index in [1.54, 1.807) is 0 Å². The largest absolute Gasteiger partial charge is 0.346 e. The number of hydrogen-bond donors (Lipinski definition) is 1. The molecule has 0 aromatic heterocycles. The molecule has 2 aliphatic carbocycles. The van der Waals surface area contributed by atoms with E-state index in [2.05, 4.69) is 10.2 Å². The average molecular weight is 446 g/mol. The van der Waals surface area contributed by atoms with Crippen molar-refractivity contribution in [3.05, 3.63) is 0 Å². The summed E-state index contributed by atoms with van der Waals surface area (Å²) in [5.41, 5.74) is 0. The molecule has 2 N–H and O–H groups in total. The number of ketones is 1. The van der Waals surface area contributed by atoms with E-state index in [0.29, 0.717) is 11.7 Å². The summed E-state index contributed by atoms with van der Waals surface area (Å²) in [5, 5.41) is 2.55. The van der Waals surface area contributed by atoms with Gasteiger partial charge in [-0.15, -0.1) is 0 Å². The lowest BCUT2D eigenvalue weighted by molar-refractivity contribution is -0.659. The van der Waals surface area contributed by atoms with Crippen LogP contribution in [0.3, 0.4) is 0 Å². The Balaban J connectivity index is 1.09. The monoisotopic (exact) mass is 445 g/mol. The lowest BCUT2D eigenvalue weighted by Crippen LogP contribution is -2.85. The number of nitrogens with two attached hydrogens (primary N) is 1.